The van der Waals surface area contributed by atoms with Gasteiger partial charge in [-0.2, -0.15) is 0 Å². The van der Waals surface area contributed by atoms with Gasteiger partial charge in [0.15, 0.2) is 0 Å². The van der Waals surface area contributed by atoms with Gasteiger partial charge in [-0.05, 0) is 66.8 Å². The molecule has 2 aromatic carbocycles. The summed E-state index contributed by atoms with van der Waals surface area (Å²) in [4.78, 5) is 19.1. The molecule has 4 rings (SSSR count). The van der Waals surface area contributed by atoms with E-state index in [9.17, 15) is 4.79 Å². The molecular weight excluding hydrogens is 394 g/mol. The summed E-state index contributed by atoms with van der Waals surface area (Å²) >= 11 is 0. The molecule has 0 radical (unpaired) electrons. The van der Waals surface area contributed by atoms with Crippen LogP contribution in [0.3, 0.4) is 0 Å². The Morgan fingerprint density at radius 2 is 1.97 bits per heavy atom. The molecular formula is C25H31NO5. The van der Waals surface area contributed by atoms with Gasteiger partial charge < -0.3 is 20.3 Å². The number of rotatable bonds is 7. The van der Waals surface area contributed by atoms with E-state index in [1.807, 2.05) is 0 Å². The first kappa shape index (κ1) is 22.8. The summed E-state index contributed by atoms with van der Waals surface area (Å²) in [6.07, 6.45) is 5.38. The molecule has 1 saturated carbocycles. The predicted octanol–water partition coefficient (Wildman–Crippen LogP) is 4.33. The molecule has 0 aromatic heterocycles. The van der Waals surface area contributed by atoms with E-state index in [0.717, 1.165) is 30.8 Å². The van der Waals surface area contributed by atoms with E-state index in [2.05, 4.69) is 54.7 Å². The Kier molecular flexibility index (Phi) is 8.06. The molecule has 2 aliphatic rings. The van der Waals surface area contributed by atoms with Crippen molar-refractivity contribution in [3.05, 3.63) is 64.7 Å². The molecule has 0 amide bonds. The van der Waals surface area contributed by atoms with Crippen LogP contribution in [0.2, 0.25) is 0 Å². The Morgan fingerprint density at radius 3 is 2.68 bits per heavy atom. The summed E-state index contributed by atoms with van der Waals surface area (Å²) in [6.45, 7) is 2.81. The highest BCUT2D eigenvalue weighted by Crippen LogP contribution is 2.36. The topological polar surface area (TPSA) is 95.9 Å². The van der Waals surface area contributed by atoms with Gasteiger partial charge in [-0.25, -0.2) is 0 Å². The maximum absolute atomic E-state index is 10.7. The van der Waals surface area contributed by atoms with Gasteiger partial charge in [0.1, 0.15) is 5.75 Å². The third kappa shape index (κ3) is 6.31. The highest BCUT2D eigenvalue weighted by molar-refractivity contribution is 5.67. The number of benzene rings is 2. The van der Waals surface area contributed by atoms with Crippen LogP contribution in [0.5, 0.6) is 5.75 Å². The van der Waals surface area contributed by atoms with Crippen LogP contribution in [0.4, 0.5) is 0 Å². The standard InChI is InChI=1S/C24H29NO3.CH2O2/c1-16(19-8-10-23-21(14-19)12-13-28-23)25-22-9-7-20(15-22)18-5-2-17(3-6-18)4-11-24(26)27;2-1-3/h2-3,5-6,8,10,14,16,20,22,25H,4,7,9,11-13,15H2,1H3,(H,26,27);1H,(H,2,3)/t16-,20+,22+;/m1./s1. The Morgan fingerprint density at radius 1 is 1.23 bits per heavy atom. The molecule has 2 aromatic rings. The molecule has 0 unspecified atom stereocenters. The lowest BCUT2D eigenvalue weighted by Gasteiger charge is -2.21. The third-order valence-electron chi connectivity index (χ3n) is 6.21. The Balaban J connectivity index is 0.000000858. The summed E-state index contributed by atoms with van der Waals surface area (Å²) in [5.74, 6) is 0.897. The van der Waals surface area contributed by atoms with Gasteiger partial charge in [0.2, 0.25) is 0 Å². The average Bonchev–Trinajstić information content (AvgIpc) is 3.42. The Labute approximate surface area is 183 Å². The smallest absolute Gasteiger partial charge is 0.303 e. The molecule has 6 heteroatoms. The molecule has 6 nitrogen and oxygen atoms in total. The number of aryl methyl sites for hydroxylation is 1. The number of hydrogen-bond donors (Lipinski definition) is 3. The number of fused-ring (bicyclic) bond motifs is 1. The maximum Gasteiger partial charge on any atom is 0.303 e. The lowest BCUT2D eigenvalue weighted by Crippen LogP contribution is -2.29. The summed E-state index contributed by atoms with van der Waals surface area (Å²) < 4.78 is 5.62. The van der Waals surface area contributed by atoms with Crippen LogP contribution in [0.1, 0.15) is 66.8 Å². The van der Waals surface area contributed by atoms with E-state index in [4.69, 9.17) is 19.7 Å². The van der Waals surface area contributed by atoms with Gasteiger partial charge in [0, 0.05) is 24.9 Å². The second kappa shape index (κ2) is 11.0. The van der Waals surface area contributed by atoms with Gasteiger partial charge in [-0.3, -0.25) is 9.59 Å². The molecule has 166 valence electrons. The fourth-order valence-electron chi connectivity index (χ4n) is 4.57. The monoisotopic (exact) mass is 425 g/mol. The van der Waals surface area contributed by atoms with Gasteiger partial charge in [-0.1, -0.05) is 36.4 Å². The van der Waals surface area contributed by atoms with E-state index in [1.54, 1.807) is 0 Å². The van der Waals surface area contributed by atoms with Gasteiger partial charge in [-0.15, -0.1) is 0 Å². The van der Waals surface area contributed by atoms with E-state index in [0.29, 0.717) is 24.4 Å². The minimum Gasteiger partial charge on any atom is -0.493 e. The van der Waals surface area contributed by atoms with Crippen molar-refractivity contribution < 1.29 is 24.5 Å². The van der Waals surface area contributed by atoms with Crippen LogP contribution in [0.15, 0.2) is 42.5 Å². The highest BCUT2D eigenvalue weighted by Gasteiger charge is 2.27. The second-order valence-corrected chi connectivity index (χ2v) is 8.30. The first-order valence-electron chi connectivity index (χ1n) is 10.9. The van der Waals surface area contributed by atoms with Gasteiger partial charge >= 0.3 is 5.97 Å². The predicted molar refractivity (Wildman–Crippen MR) is 119 cm³/mol. The lowest BCUT2D eigenvalue weighted by atomic mass is 9.95. The van der Waals surface area contributed by atoms with Crippen molar-refractivity contribution in [3.63, 3.8) is 0 Å². The maximum atomic E-state index is 10.7. The number of hydrogen-bond acceptors (Lipinski definition) is 4. The van der Waals surface area contributed by atoms with Crippen molar-refractivity contribution in [1.82, 2.24) is 5.32 Å². The van der Waals surface area contributed by atoms with Crippen LogP contribution < -0.4 is 10.1 Å². The zero-order chi connectivity index (χ0) is 22.2. The first-order valence-corrected chi connectivity index (χ1v) is 10.9. The molecule has 1 aliphatic carbocycles. The van der Waals surface area contributed by atoms with E-state index < -0.39 is 5.97 Å². The molecule has 3 atom stereocenters. The van der Waals surface area contributed by atoms with E-state index in [-0.39, 0.29) is 12.9 Å². The Hall–Kier alpha value is -2.86. The lowest BCUT2D eigenvalue weighted by molar-refractivity contribution is -0.137. The third-order valence-corrected chi connectivity index (χ3v) is 6.21. The van der Waals surface area contributed by atoms with Crippen molar-refractivity contribution in [2.75, 3.05) is 6.61 Å². The summed E-state index contributed by atoms with van der Waals surface area (Å²) in [5, 5.41) is 19.5. The quantitative estimate of drug-likeness (QED) is 0.572. The molecule has 1 fully saturated rings. The van der Waals surface area contributed by atoms with Crippen molar-refractivity contribution in [1.29, 1.82) is 0 Å². The fraction of sp³-hybridized carbons (Fsp3) is 0.440. The zero-order valence-electron chi connectivity index (χ0n) is 17.9. The normalized spacial score (nSPS) is 20.2. The number of ether oxygens (including phenoxy) is 1. The Bertz CT molecular complexity index is 880. The molecule has 3 N–H and O–H groups in total. The molecule has 31 heavy (non-hydrogen) atoms. The van der Waals surface area contributed by atoms with E-state index >= 15 is 0 Å². The average molecular weight is 426 g/mol. The largest absolute Gasteiger partial charge is 0.493 e. The SMILES string of the molecule is C[C@@H](N[C@H]1CC[C@H](c2ccc(CCC(=O)O)cc2)C1)c1ccc2c(c1)CCO2.O=CO. The first-order chi connectivity index (χ1) is 15.0. The van der Waals surface area contributed by atoms with Gasteiger partial charge in [0.25, 0.3) is 6.47 Å². The molecule has 0 spiro atoms. The van der Waals surface area contributed by atoms with Crippen LogP contribution in [-0.2, 0) is 22.4 Å². The van der Waals surface area contributed by atoms with Crippen LogP contribution in [0.25, 0.3) is 0 Å². The van der Waals surface area contributed by atoms with Crippen LogP contribution in [0, 0.1) is 0 Å². The fourth-order valence-corrected chi connectivity index (χ4v) is 4.57. The number of carbonyl (C=O) groups is 2. The number of carboxylic acids is 1. The number of carboxylic acid groups (broad SMARTS) is 2. The number of nitrogens with one attached hydrogen (secondary N) is 1. The van der Waals surface area contributed by atoms with Gasteiger partial charge in [0.05, 0.1) is 6.61 Å². The summed E-state index contributed by atoms with van der Waals surface area (Å²) in [5.41, 5.74) is 5.16. The van der Waals surface area contributed by atoms with Crippen LogP contribution in [-0.4, -0.2) is 35.3 Å². The minimum absolute atomic E-state index is 0.196. The number of aliphatic carboxylic acids is 1. The van der Waals surface area contributed by atoms with Crippen molar-refractivity contribution in [2.45, 2.75) is 63.5 Å². The van der Waals surface area contributed by atoms with Crippen LogP contribution >= 0.6 is 0 Å². The molecule has 0 saturated heterocycles. The minimum atomic E-state index is -0.737. The van der Waals surface area contributed by atoms with Crippen molar-refractivity contribution in [2.24, 2.45) is 0 Å². The summed E-state index contributed by atoms with van der Waals surface area (Å²) in [7, 11) is 0. The second-order valence-electron chi connectivity index (χ2n) is 8.30. The summed E-state index contributed by atoms with van der Waals surface area (Å²) in [6, 6.07) is 16.0. The molecule has 1 heterocycles. The van der Waals surface area contributed by atoms with E-state index in [1.165, 1.54) is 29.5 Å². The molecule has 1 aliphatic heterocycles. The van der Waals surface area contributed by atoms with Crippen molar-refractivity contribution >= 4 is 12.4 Å². The molecule has 0 bridgehead atoms. The van der Waals surface area contributed by atoms with Crippen molar-refractivity contribution in [3.8, 4) is 5.75 Å². The zero-order valence-corrected chi connectivity index (χ0v) is 17.9. The highest BCUT2D eigenvalue weighted by atomic mass is 16.5.